The first-order valence-corrected chi connectivity index (χ1v) is 6.81. The molecule has 0 radical (unpaired) electrons. The molecule has 1 aromatic carbocycles. The molecule has 0 fully saturated rings. The van der Waals surface area contributed by atoms with E-state index in [-0.39, 0.29) is 11.5 Å². The third-order valence-corrected chi connectivity index (χ3v) is 3.18. The highest BCUT2D eigenvalue weighted by molar-refractivity contribution is 6.06. The van der Waals surface area contributed by atoms with E-state index in [0.717, 1.165) is 0 Å². The molecule has 0 aliphatic heterocycles. The Morgan fingerprint density at radius 3 is 3.00 bits per heavy atom. The van der Waals surface area contributed by atoms with Gasteiger partial charge >= 0.3 is 0 Å². The molecule has 0 bridgehead atoms. The number of hydrogen-bond acceptors (Lipinski definition) is 8. The van der Waals surface area contributed by atoms with Crippen molar-refractivity contribution >= 4 is 11.6 Å². The second-order valence-electron chi connectivity index (χ2n) is 4.69. The van der Waals surface area contributed by atoms with E-state index in [0.29, 0.717) is 22.8 Å². The van der Waals surface area contributed by atoms with Crippen molar-refractivity contribution in [3.63, 3.8) is 0 Å². The molecule has 2 N–H and O–H groups in total. The highest BCUT2D eigenvalue weighted by Crippen LogP contribution is 2.23. The van der Waals surface area contributed by atoms with Crippen molar-refractivity contribution in [2.24, 2.45) is 0 Å². The number of H-pyrrole nitrogens is 1. The van der Waals surface area contributed by atoms with Crippen LogP contribution in [-0.2, 0) is 0 Å². The molecule has 0 atom stereocenters. The molecule has 0 spiro atoms. The van der Waals surface area contributed by atoms with Gasteiger partial charge in [0.05, 0.1) is 0 Å². The maximum atomic E-state index is 12.4. The van der Waals surface area contributed by atoms with Crippen LogP contribution in [0.3, 0.4) is 0 Å². The summed E-state index contributed by atoms with van der Waals surface area (Å²) < 4.78 is 9.98. The molecule has 24 heavy (non-hydrogen) atoms. The lowest BCUT2D eigenvalue weighted by atomic mass is 10.2. The van der Waals surface area contributed by atoms with Gasteiger partial charge in [-0.3, -0.25) is 4.79 Å². The average molecular weight is 323 g/mol. The van der Waals surface area contributed by atoms with Crippen LogP contribution < -0.4 is 5.32 Å². The zero-order chi connectivity index (χ0) is 16.4. The van der Waals surface area contributed by atoms with Gasteiger partial charge in [0.1, 0.15) is 6.26 Å². The molecule has 118 valence electrons. The number of benzene rings is 1. The molecule has 3 aromatic heterocycles. The van der Waals surface area contributed by atoms with E-state index >= 15 is 0 Å². The predicted molar refractivity (Wildman–Crippen MR) is 79.6 cm³/mol. The van der Waals surface area contributed by atoms with Gasteiger partial charge in [-0.15, -0.1) is 10.2 Å². The molecule has 4 aromatic rings. The monoisotopic (exact) mass is 323 g/mol. The number of oxazole rings is 1. The van der Waals surface area contributed by atoms with Crippen LogP contribution >= 0.6 is 0 Å². The van der Waals surface area contributed by atoms with E-state index in [1.54, 1.807) is 30.3 Å². The zero-order valence-electron chi connectivity index (χ0n) is 12.0. The minimum Gasteiger partial charge on any atom is -0.441 e. The number of nitrogens with one attached hydrogen (secondary N) is 2. The number of tetrazole rings is 1. The maximum Gasteiger partial charge on any atom is 0.278 e. The lowest BCUT2D eigenvalue weighted by Gasteiger charge is -2.05. The van der Waals surface area contributed by atoms with E-state index in [1.165, 1.54) is 12.7 Å². The number of aromatic nitrogens is 6. The van der Waals surface area contributed by atoms with Crippen LogP contribution in [0.5, 0.6) is 0 Å². The molecule has 4 rings (SSSR count). The summed E-state index contributed by atoms with van der Waals surface area (Å²) in [5.74, 6) is 0.221. The van der Waals surface area contributed by atoms with Gasteiger partial charge in [0.25, 0.3) is 5.91 Å². The second kappa shape index (κ2) is 5.76. The number of rotatable bonds is 4. The number of hydrogen-bond donors (Lipinski definition) is 2. The van der Waals surface area contributed by atoms with Gasteiger partial charge in [-0.1, -0.05) is 17.3 Å². The third kappa shape index (κ3) is 2.52. The topological polar surface area (TPSA) is 136 Å². The number of nitrogens with zero attached hydrogens (tertiary/aromatic N) is 5. The second-order valence-corrected chi connectivity index (χ2v) is 4.69. The fraction of sp³-hybridized carbons (Fsp3) is 0. The molecule has 3 heterocycles. The fourth-order valence-corrected chi connectivity index (χ4v) is 2.13. The summed E-state index contributed by atoms with van der Waals surface area (Å²) in [7, 11) is 0. The summed E-state index contributed by atoms with van der Waals surface area (Å²) >= 11 is 0. The third-order valence-electron chi connectivity index (χ3n) is 3.18. The van der Waals surface area contributed by atoms with E-state index < -0.39 is 5.91 Å². The highest BCUT2D eigenvalue weighted by Gasteiger charge is 2.20. The summed E-state index contributed by atoms with van der Waals surface area (Å²) in [6.45, 7) is 0. The fourth-order valence-electron chi connectivity index (χ4n) is 2.13. The van der Waals surface area contributed by atoms with E-state index in [2.05, 4.69) is 36.1 Å². The van der Waals surface area contributed by atoms with Crippen molar-refractivity contribution in [2.75, 3.05) is 5.32 Å². The van der Waals surface area contributed by atoms with Gasteiger partial charge in [0, 0.05) is 17.3 Å². The molecule has 1 amide bonds. The number of carbonyl (C=O) groups excluding carboxylic acids is 1. The Bertz CT molecular complexity index is 960. The number of amides is 1. The minimum atomic E-state index is -0.438. The zero-order valence-corrected chi connectivity index (χ0v) is 12.0. The van der Waals surface area contributed by atoms with Crippen molar-refractivity contribution in [3.05, 3.63) is 48.7 Å². The summed E-state index contributed by atoms with van der Waals surface area (Å²) in [4.78, 5) is 16.4. The summed E-state index contributed by atoms with van der Waals surface area (Å²) in [5, 5.41) is 20.2. The van der Waals surface area contributed by atoms with Crippen LogP contribution in [0.1, 0.15) is 10.5 Å². The highest BCUT2D eigenvalue weighted by atomic mass is 16.5. The van der Waals surface area contributed by atoms with Gasteiger partial charge in [-0.05, 0) is 17.3 Å². The minimum absolute atomic E-state index is 0.105. The van der Waals surface area contributed by atoms with Crippen LogP contribution in [0.4, 0.5) is 5.69 Å². The average Bonchev–Trinajstić information content (AvgIpc) is 3.35. The first-order valence-electron chi connectivity index (χ1n) is 6.81. The molecule has 0 saturated heterocycles. The van der Waals surface area contributed by atoms with E-state index in [4.69, 9.17) is 8.94 Å². The molecule has 10 nitrogen and oxygen atoms in total. The molecular weight excluding hydrogens is 314 g/mol. The first-order chi connectivity index (χ1) is 11.8. The smallest absolute Gasteiger partial charge is 0.278 e. The predicted octanol–water partition coefficient (Wildman–Crippen LogP) is 1.76. The van der Waals surface area contributed by atoms with Crippen LogP contribution in [0.25, 0.3) is 22.8 Å². The first kappa shape index (κ1) is 13.8. The van der Waals surface area contributed by atoms with Crippen LogP contribution in [0.2, 0.25) is 0 Å². The van der Waals surface area contributed by atoms with Crippen LogP contribution in [-0.4, -0.2) is 36.7 Å². The SMILES string of the molecule is O=C(Nc1cccc(-c2nn[nH]n2)c1)c1ncoc1-c1ccon1. The summed E-state index contributed by atoms with van der Waals surface area (Å²) in [6, 6.07) is 8.60. The van der Waals surface area contributed by atoms with Gasteiger partial charge in [0.2, 0.25) is 5.82 Å². The van der Waals surface area contributed by atoms with Crippen LogP contribution in [0, 0.1) is 0 Å². The van der Waals surface area contributed by atoms with Crippen LogP contribution in [0.15, 0.2) is 51.9 Å². The Hall–Kier alpha value is -3.82. The number of carbonyl (C=O) groups is 1. The Kier molecular flexibility index (Phi) is 3.31. The Labute approximate surface area is 133 Å². The molecular formula is C14H9N7O3. The van der Waals surface area contributed by atoms with E-state index in [9.17, 15) is 4.79 Å². The number of aromatic amines is 1. The summed E-state index contributed by atoms with van der Waals surface area (Å²) in [5.41, 5.74) is 1.75. The Balaban J connectivity index is 1.60. The quantitative estimate of drug-likeness (QED) is 0.580. The van der Waals surface area contributed by atoms with Gasteiger partial charge in [-0.2, -0.15) is 5.21 Å². The molecule has 0 aliphatic rings. The Morgan fingerprint density at radius 1 is 1.25 bits per heavy atom. The lowest BCUT2D eigenvalue weighted by Crippen LogP contribution is -2.13. The lowest BCUT2D eigenvalue weighted by molar-refractivity contribution is 0.102. The van der Waals surface area contributed by atoms with Gasteiger partial charge < -0.3 is 14.3 Å². The normalized spacial score (nSPS) is 10.7. The van der Waals surface area contributed by atoms with Crippen molar-refractivity contribution in [1.82, 2.24) is 30.8 Å². The van der Waals surface area contributed by atoms with Gasteiger partial charge in [0.15, 0.2) is 23.5 Å². The standard InChI is InChI=1S/C14H9N7O3/c22-14(11-12(23-7-15-11)10-4-5-24-19-10)16-9-3-1-2-8(6-9)13-17-20-21-18-13/h1-7H,(H,16,22)(H,17,18,20,21). The molecule has 0 saturated carbocycles. The molecule has 0 unspecified atom stereocenters. The maximum absolute atomic E-state index is 12.4. The van der Waals surface area contributed by atoms with Gasteiger partial charge in [-0.25, -0.2) is 4.98 Å². The molecule has 0 aliphatic carbocycles. The van der Waals surface area contributed by atoms with Crippen molar-refractivity contribution in [1.29, 1.82) is 0 Å². The van der Waals surface area contributed by atoms with Crippen molar-refractivity contribution in [2.45, 2.75) is 0 Å². The van der Waals surface area contributed by atoms with Crippen molar-refractivity contribution in [3.8, 4) is 22.8 Å². The van der Waals surface area contributed by atoms with Crippen molar-refractivity contribution < 1.29 is 13.7 Å². The Morgan fingerprint density at radius 2 is 2.21 bits per heavy atom. The van der Waals surface area contributed by atoms with E-state index in [1.807, 2.05) is 0 Å². The molecule has 10 heteroatoms. The number of anilines is 1. The summed E-state index contributed by atoms with van der Waals surface area (Å²) in [6.07, 6.45) is 2.56. The largest absolute Gasteiger partial charge is 0.441 e.